The first-order valence-electron chi connectivity index (χ1n) is 6.59. The van der Waals surface area contributed by atoms with E-state index in [1.54, 1.807) is 6.92 Å². The van der Waals surface area contributed by atoms with E-state index in [2.05, 4.69) is 5.32 Å². The van der Waals surface area contributed by atoms with E-state index in [1.165, 1.54) is 0 Å². The second-order valence-electron chi connectivity index (χ2n) is 4.79. The van der Waals surface area contributed by atoms with E-state index in [9.17, 15) is 9.59 Å². The van der Waals surface area contributed by atoms with Gasteiger partial charge < -0.3 is 10.4 Å². The maximum atomic E-state index is 11.9. The van der Waals surface area contributed by atoms with Gasteiger partial charge in [0.15, 0.2) is 0 Å². The molecule has 0 heterocycles. The van der Waals surface area contributed by atoms with E-state index < -0.39 is 5.97 Å². The number of hydrogen-bond donors (Lipinski definition) is 2. The Labute approximate surface area is 113 Å². The summed E-state index contributed by atoms with van der Waals surface area (Å²) < 4.78 is 0. The zero-order valence-electron chi connectivity index (χ0n) is 11.4. The third-order valence-corrected chi connectivity index (χ3v) is 3.08. The second-order valence-corrected chi connectivity index (χ2v) is 4.79. The Morgan fingerprint density at radius 1 is 1.21 bits per heavy atom. The number of nitrogens with one attached hydrogen (secondary N) is 1. The Hall–Kier alpha value is -1.84. The van der Waals surface area contributed by atoms with Crippen LogP contribution in [0.25, 0.3) is 0 Å². The molecule has 0 saturated heterocycles. The lowest BCUT2D eigenvalue weighted by Gasteiger charge is -2.17. The van der Waals surface area contributed by atoms with Crippen LogP contribution in [0.2, 0.25) is 0 Å². The van der Waals surface area contributed by atoms with Crippen molar-refractivity contribution < 1.29 is 14.7 Å². The summed E-state index contributed by atoms with van der Waals surface area (Å²) >= 11 is 0. The minimum absolute atomic E-state index is 0.0477. The summed E-state index contributed by atoms with van der Waals surface area (Å²) in [6.45, 7) is 3.75. The van der Waals surface area contributed by atoms with Gasteiger partial charge in [-0.1, -0.05) is 37.3 Å². The summed E-state index contributed by atoms with van der Waals surface area (Å²) in [6.07, 6.45) is 1.23. The van der Waals surface area contributed by atoms with Crippen LogP contribution in [0.15, 0.2) is 30.3 Å². The van der Waals surface area contributed by atoms with E-state index >= 15 is 0 Å². The lowest BCUT2D eigenvalue weighted by Crippen LogP contribution is -2.34. The van der Waals surface area contributed by atoms with Crippen LogP contribution in [0.4, 0.5) is 0 Å². The molecule has 0 radical (unpaired) electrons. The molecule has 2 unspecified atom stereocenters. The van der Waals surface area contributed by atoms with Gasteiger partial charge in [-0.25, -0.2) is 0 Å². The molecule has 0 aliphatic heterocycles. The van der Waals surface area contributed by atoms with E-state index in [0.717, 1.165) is 12.0 Å². The molecule has 2 N–H and O–H groups in total. The van der Waals surface area contributed by atoms with Crippen LogP contribution in [-0.4, -0.2) is 23.0 Å². The first-order chi connectivity index (χ1) is 9.02. The number of rotatable bonds is 7. The lowest BCUT2D eigenvalue weighted by molar-refractivity contribution is -0.137. The summed E-state index contributed by atoms with van der Waals surface area (Å²) in [4.78, 5) is 22.4. The fourth-order valence-electron chi connectivity index (χ4n) is 2.09. The Bertz CT molecular complexity index is 417. The summed E-state index contributed by atoms with van der Waals surface area (Å²) in [5.74, 6) is -0.814. The van der Waals surface area contributed by atoms with E-state index in [-0.39, 0.29) is 24.3 Å². The van der Waals surface area contributed by atoms with Crippen molar-refractivity contribution in [3.05, 3.63) is 35.9 Å². The first kappa shape index (κ1) is 15.2. The second kappa shape index (κ2) is 7.56. The molecule has 0 saturated carbocycles. The van der Waals surface area contributed by atoms with Gasteiger partial charge in [-0.3, -0.25) is 9.59 Å². The van der Waals surface area contributed by atoms with Gasteiger partial charge in [0.25, 0.3) is 0 Å². The van der Waals surface area contributed by atoms with Crippen molar-refractivity contribution in [1.82, 2.24) is 5.32 Å². The van der Waals surface area contributed by atoms with Crippen LogP contribution in [-0.2, 0) is 9.59 Å². The number of amides is 1. The van der Waals surface area contributed by atoms with Crippen molar-refractivity contribution in [1.29, 1.82) is 0 Å². The molecule has 2 atom stereocenters. The van der Waals surface area contributed by atoms with E-state index in [0.29, 0.717) is 6.42 Å². The Morgan fingerprint density at radius 2 is 1.84 bits per heavy atom. The third-order valence-electron chi connectivity index (χ3n) is 3.08. The Balaban J connectivity index is 2.52. The predicted octanol–water partition coefficient (Wildman–Crippen LogP) is 2.55. The van der Waals surface area contributed by atoms with Crippen LogP contribution < -0.4 is 5.32 Å². The van der Waals surface area contributed by atoms with Crippen LogP contribution in [0.5, 0.6) is 0 Å². The van der Waals surface area contributed by atoms with Gasteiger partial charge in [-0.05, 0) is 24.8 Å². The maximum absolute atomic E-state index is 11.9. The fraction of sp³-hybridized carbons (Fsp3) is 0.467. The van der Waals surface area contributed by atoms with Gasteiger partial charge in [0.05, 0.1) is 6.42 Å². The molecule has 0 bridgehead atoms. The van der Waals surface area contributed by atoms with Crippen molar-refractivity contribution in [2.75, 3.05) is 0 Å². The van der Waals surface area contributed by atoms with Crippen LogP contribution in [0, 0.1) is 0 Å². The molecule has 0 fully saturated rings. The molecule has 0 aliphatic rings. The first-order valence-corrected chi connectivity index (χ1v) is 6.59. The molecular weight excluding hydrogens is 242 g/mol. The van der Waals surface area contributed by atoms with Crippen molar-refractivity contribution in [2.45, 2.75) is 45.1 Å². The quantitative estimate of drug-likeness (QED) is 0.794. The summed E-state index contributed by atoms with van der Waals surface area (Å²) in [5, 5.41) is 11.4. The molecule has 104 valence electrons. The number of carbonyl (C=O) groups is 2. The summed E-state index contributed by atoms with van der Waals surface area (Å²) in [7, 11) is 0. The molecule has 1 rings (SSSR count). The number of aliphatic carboxylic acids is 1. The molecule has 1 amide bonds. The molecule has 1 aromatic rings. The lowest BCUT2D eigenvalue weighted by atomic mass is 9.93. The molecule has 4 nitrogen and oxygen atoms in total. The molecule has 0 spiro atoms. The smallest absolute Gasteiger partial charge is 0.305 e. The highest BCUT2D eigenvalue weighted by Crippen LogP contribution is 2.22. The number of benzene rings is 1. The minimum atomic E-state index is -0.900. The Morgan fingerprint density at radius 3 is 2.37 bits per heavy atom. The highest BCUT2D eigenvalue weighted by molar-refractivity contribution is 5.78. The van der Waals surface area contributed by atoms with Crippen molar-refractivity contribution in [2.24, 2.45) is 0 Å². The van der Waals surface area contributed by atoms with Crippen molar-refractivity contribution >= 4 is 11.9 Å². The SMILES string of the molecule is CCC(CC(=O)NC(C)CC(=O)O)c1ccccc1. The fourth-order valence-corrected chi connectivity index (χ4v) is 2.09. The van der Waals surface area contributed by atoms with Gasteiger partial charge in [0.1, 0.15) is 0 Å². The summed E-state index contributed by atoms with van der Waals surface area (Å²) in [6, 6.07) is 9.57. The average molecular weight is 263 g/mol. The van der Waals surface area contributed by atoms with Gasteiger partial charge in [0, 0.05) is 12.5 Å². The molecule has 4 heteroatoms. The molecule has 19 heavy (non-hydrogen) atoms. The monoisotopic (exact) mass is 263 g/mol. The van der Waals surface area contributed by atoms with E-state index in [4.69, 9.17) is 5.11 Å². The number of carboxylic acid groups (broad SMARTS) is 1. The van der Waals surface area contributed by atoms with Gasteiger partial charge in [0.2, 0.25) is 5.91 Å². The third kappa shape index (κ3) is 5.55. The number of hydrogen-bond acceptors (Lipinski definition) is 2. The molecular formula is C15H21NO3. The van der Waals surface area contributed by atoms with Crippen LogP contribution >= 0.6 is 0 Å². The zero-order chi connectivity index (χ0) is 14.3. The van der Waals surface area contributed by atoms with Crippen LogP contribution in [0.3, 0.4) is 0 Å². The Kier molecular flexibility index (Phi) is 6.06. The normalized spacial score (nSPS) is 13.6. The average Bonchev–Trinajstić information content (AvgIpc) is 2.35. The number of carbonyl (C=O) groups excluding carboxylic acids is 1. The van der Waals surface area contributed by atoms with E-state index in [1.807, 2.05) is 37.3 Å². The molecule has 0 aliphatic carbocycles. The predicted molar refractivity (Wildman–Crippen MR) is 73.9 cm³/mol. The van der Waals surface area contributed by atoms with Crippen molar-refractivity contribution in [3.8, 4) is 0 Å². The topological polar surface area (TPSA) is 66.4 Å². The van der Waals surface area contributed by atoms with Gasteiger partial charge >= 0.3 is 5.97 Å². The molecule has 0 aromatic heterocycles. The van der Waals surface area contributed by atoms with Gasteiger partial charge in [-0.15, -0.1) is 0 Å². The van der Waals surface area contributed by atoms with Crippen LogP contribution in [0.1, 0.15) is 44.6 Å². The standard InChI is InChI=1S/C15H21NO3/c1-3-12(13-7-5-4-6-8-13)10-14(17)16-11(2)9-15(18)19/h4-8,11-12H,3,9-10H2,1-2H3,(H,16,17)(H,18,19). The van der Waals surface area contributed by atoms with Crippen molar-refractivity contribution in [3.63, 3.8) is 0 Å². The molecule has 1 aromatic carbocycles. The highest BCUT2D eigenvalue weighted by Gasteiger charge is 2.16. The maximum Gasteiger partial charge on any atom is 0.305 e. The zero-order valence-corrected chi connectivity index (χ0v) is 11.4. The highest BCUT2D eigenvalue weighted by atomic mass is 16.4. The number of carboxylic acids is 1. The van der Waals surface area contributed by atoms with Gasteiger partial charge in [-0.2, -0.15) is 0 Å². The minimum Gasteiger partial charge on any atom is -0.481 e. The summed E-state index contributed by atoms with van der Waals surface area (Å²) in [5.41, 5.74) is 1.14. The largest absolute Gasteiger partial charge is 0.481 e.